The van der Waals surface area contributed by atoms with E-state index in [4.69, 9.17) is 11.6 Å². The number of rotatable bonds is 6. The Hall–Kier alpha value is -3.03. The summed E-state index contributed by atoms with van der Waals surface area (Å²) >= 11 is 5.92. The number of nitrogens with one attached hydrogen (secondary N) is 1. The molecule has 0 saturated carbocycles. The van der Waals surface area contributed by atoms with Crippen LogP contribution in [0.1, 0.15) is 18.9 Å². The van der Waals surface area contributed by atoms with Crippen molar-refractivity contribution in [3.63, 3.8) is 0 Å². The Morgan fingerprint density at radius 2 is 1.88 bits per heavy atom. The standard InChI is InChI=1S/C26H31ClN4O3/c1-18(2)19-4-3-5-22(14-19)30-10-12-31(13-11-30)25(33)17-29-9-8-20(16-29)26(34)28-21-6-7-24(32)23(27)15-21/h3-7,14-15,20,32H,1,8-13,16-17H2,2H3,(H,28,34)/t20-/m1/s1. The molecular weight excluding hydrogens is 452 g/mol. The molecule has 2 fully saturated rings. The summed E-state index contributed by atoms with van der Waals surface area (Å²) in [5.74, 6) is -0.187. The van der Waals surface area contributed by atoms with Crippen molar-refractivity contribution in [3.05, 3.63) is 59.6 Å². The van der Waals surface area contributed by atoms with E-state index in [1.807, 2.05) is 17.9 Å². The molecule has 0 bridgehead atoms. The first kappa shape index (κ1) is 24.1. The van der Waals surface area contributed by atoms with Gasteiger partial charge < -0.3 is 20.2 Å². The summed E-state index contributed by atoms with van der Waals surface area (Å²) in [4.78, 5) is 31.8. The van der Waals surface area contributed by atoms with Crippen molar-refractivity contribution < 1.29 is 14.7 Å². The minimum absolute atomic E-state index is 0.0218. The van der Waals surface area contributed by atoms with Crippen LogP contribution in [0, 0.1) is 5.92 Å². The van der Waals surface area contributed by atoms with Crippen LogP contribution in [0.3, 0.4) is 0 Å². The average molecular weight is 483 g/mol. The van der Waals surface area contributed by atoms with Crippen molar-refractivity contribution >= 4 is 40.4 Å². The predicted molar refractivity (Wildman–Crippen MR) is 136 cm³/mol. The number of nitrogens with zero attached hydrogens (tertiary/aromatic N) is 3. The van der Waals surface area contributed by atoms with E-state index in [1.165, 1.54) is 12.1 Å². The van der Waals surface area contributed by atoms with Crippen LogP contribution in [0.2, 0.25) is 5.02 Å². The van der Waals surface area contributed by atoms with Crippen molar-refractivity contribution in [1.29, 1.82) is 0 Å². The number of carbonyl (C=O) groups is 2. The van der Waals surface area contributed by atoms with Crippen molar-refractivity contribution in [1.82, 2.24) is 9.80 Å². The van der Waals surface area contributed by atoms with E-state index >= 15 is 0 Å². The third kappa shape index (κ3) is 5.72. The topological polar surface area (TPSA) is 76.1 Å². The Labute approximate surface area is 205 Å². The van der Waals surface area contributed by atoms with Gasteiger partial charge in [0, 0.05) is 44.1 Å². The number of benzene rings is 2. The highest BCUT2D eigenvalue weighted by atomic mass is 35.5. The van der Waals surface area contributed by atoms with Gasteiger partial charge in [-0.15, -0.1) is 0 Å². The van der Waals surface area contributed by atoms with Gasteiger partial charge in [-0.1, -0.05) is 35.9 Å². The number of anilines is 2. The molecule has 2 aliphatic heterocycles. The third-order valence-electron chi connectivity index (χ3n) is 6.55. The molecule has 0 aliphatic carbocycles. The maximum absolute atomic E-state index is 12.9. The second-order valence-corrected chi connectivity index (χ2v) is 9.48. The summed E-state index contributed by atoms with van der Waals surface area (Å²) in [5.41, 5.74) is 3.89. The van der Waals surface area contributed by atoms with Crippen molar-refractivity contribution in [3.8, 4) is 5.75 Å². The molecule has 2 aromatic rings. The van der Waals surface area contributed by atoms with E-state index in [1.54, 1.807) is 6.07 Å². The lowest BCUT2D eigenvalue weighted by Crippen LogP contribution is -2.51. The number of amides is 2. The molecule has 34 heavy (non-hydrogen) atoms. The normalized spacial score (nSPS) is 18.7. The number of phenols is 1. The van der Waals surface area contributed by atoms with Gasteiger partial charge in [0.15, 0.2) is 0 Å². The van der Waals surface area contributed by atoms with Gasteiger partial charge in [0.2, 0.25) is 11.8 Å². The van der Waals surface area contributed by atoms with E-state index < -0.39 is 0 Å². The van der Waals surface area contributed by atoms with Gasteiger partial charge in [-0.3, -0.25) is 14.5 Å². The third-order valence-corrected chi connectivity index (χ3v) is 6.86. The molecule has 2 aliphatic rings. The van der Waals surface area contributed by atoms with Gasteiger partial charge in [-0.25, -0.2) is 0 Å². The van der Waals surface area contributed by atoms with Gasteiger partial charge in [-0.2, -0.15) is 0 Å². The molecule has 7 nitrogen and oxygen atoms in total. The lowest BCUT2D eigenvalue weighted by molar-refractivity contribution is -0.132. The number of hydrogen-bond donors (Lipinski definition) is 2. The number of aromatic hydroxyl groups is 1. The molecule has 0 unspecified atom stereocenters. The molecule has 180 valence electrons. The molecule has 1 atom stereocenters. The smallest absolute Gasteiger partial charge is 0.236 e. The van der Waals surface area contributed by atoms with Gasteiger partial charge in [0.25, 0.3) is 0 Å². The van der Waals surface area contributed by atoms with Gasteiger partial charge in [0.1, 0.15) is 5.75 Å². The summed E-state index contributed by atoms with van der Waals surface area (Å²) in [5, 5.41) is 12.6. The number of halogens is 1. The first-order valence-corrected chi connectivity index (χ1v) is 12.0. The number of hydrogen-bond acceptors (Lipinski definition) is 5. The van der Waals surface area contributed by atoms with E-state index in [9.17, 15) is 14.7 Å². The zero-order valence-corrected chi connectivity index (χ0v) is 20.2. The van der Waals surface area contributed by atoms with E-state index in [0.29, 0.717) is 44.8 Å². The first-order chi connectivity index (χ1) is 16.3. The van der Waals surface area contributed by atoms with Crippen molar-refractivity contribution in [2.75, 3.05) is 56.0 Å². The van der Waals surface area contributed by atoms with E-state index in [0.717, 1.165) is 29.9 Å². The van der Waals surface area contributed by atoms with Crippen molar-refractivity contribution in [2.24, 2.45) is 5.92 Å². The summed E-state index contributed by atoms with van der Waals surface area (Å²) in [7, 11) is 0. The highest BCUT2D eigenvalue weighted by Gasteiger charge is 2.31. The zero-order valence-electron chi connectivity index (χ0n) is 19.5. The van der Waals surface area contributed by atoms with E-state index in [-0.39, 0.29) is 28.5 Å². The maximum Gasteiger partial charge on any atom is 0.236 e. The van der Waals surface area contributed by atoms with Gasteiger partial charge >= 0.3 is 0 Å². The molecule has 2 N–H and O–H groups in total. The fourth-order valence-electron chi connectivity index (χ4n) is 4.49. The number of allylic oxidation sites excluding steroid dienone is 1. The van der Waals surface area contributed by atoms with Crippen LogP contribution in [-0.2, 0) is 9.59 Å². The summed E-state index contributed by atoms with van der Waals surface area (Å²) < 4.78 is 0. The van der Waals surface area contributed by atoms with Gasteiger partial charge in [-0.05, 0) is 55.8 Å². The molecule has 0 radical (unpaired) electrons. The van der Waals surface area contributed by atoms with Crippen molar-refractivity contribution in [2.45, 2.75) is 13.3 Å². The maximum atomic E-state index is 12.9. The van der Waals surface area contributed by atoms with Gasteiger partial charge in [0.05, 0.1) is 17.5 Å². The minimum Gasteiger partial charge on any atom is -0.506 e. The first-order valence-electron chi connectivity index (χ1n) is 11.6. The summed E-state index contributed by atoms with van der Waals surface area (Å²) in [6.07, 6.45) is 0.706. The fourth-order valence-corrected chi connectivity index (χ4v) is 4.67. The Kier molecular flexibility index (Phi) is 7.44. The molecule has 2 saturated heterocycles. The van der Waals surface area contributed by atoms with Crippen LogP contribution in [0.15, 0.2) is 49.0 Å². The minimum atomic E-state index is -0.183. The van der Waals surface area contributed by atoms with Crippen LogP contribution < -0.4 is 10.2 Å². The molecule has 2 amide bonds. The molecule has 0 aromatic heterocycles. The lowest BCUT2D eigenvalue weighted by Gasteiger charge is -2.37. The molecule has 8 heteroatoms. The second-order valence-electron chi connectivity index (χ2n) is 9.07. The van der Waals surface area contributed by atoms with Crippen LogP contribution in [0.5, 0.6) is 5.75 Å². The highest BCUT2D eigenvalue weighted by Crippen LogP contribution is 2.27. The number of piperazine rings is 1. The lowest BCUT2D eigenvalue weighted by atomic mass is 10.1. The Bertz CT molecular complexity index is 1080. The Morgan fingerprint density at radius 3 is 2.59 bits per heavy atom. The summed E-state index contributed by atoms with van der Waals surface area (Å²) in [6, 6.07) is 13.0. The SMILES string of the molecule is C=C(C)c1cccc(N2CCN(C(=O)CN3CC[C@@H](C(=O)Nc4ccc(O)c(Cl)c4)C3)CC2)c1. The number of carbonyl (C=O) groups excluding carboxylic acids is 2. The number of likely N-dealkylation sites (tertiary alicyclic amines) is 1. The molecule has 2 heterocycles. The highest BCUT2D eigenvalue weighted by molar-refractivity contribution is 6.32. The van der Waals surface area contributed by atoms with Crippen LogP contribution in [0.25, 0.3) is 5.57 Å². The second kappa shape index (κ2) is 10.5. The Morgan fingerprint density at radius 1 is 1.12 bits per heavy atom. The van der Waals surface area contributed by atoms with Crippen LogP contribution in [-0.4, -0.2) is 72.5 Å². The average Bonchev–Trinajstić information content (AvgIpc) is 3.30. The molecule has 2 aromatic carbocycles. The Balaban J connectivity index is 1.24. The summed E-state index contributed by atoms with van der Waals surface area (Å²) in [6.45, 7) is 10.6. The molecule has 4 rings (SSSR count). The molecule has 0 spiro atoms. The zero-order chi connectivity index (χ0) is 24.2. The fraction of sp³-hybridized carbons (Fsp3) is 0.385. The van der Waals surface area contributed by atoms with E-state index in [2.05, 4.69) is 39.9 Å². The predicted octanol–water partition coefficient (Wildman–Crippen LogP) is 3.69. The molecular formula is C26H31ClN4O3. The van der Waals surface area contributed by atoms with Crippen LogP contribution >= 0.6 is 11.6 Å². The largest absolute Gasteiger partial charge is 0.506 e. The monoisotopic (exact) mass is 482 g/mol. The van der Waals surface area contributed by atoms with Crippen LogP contribution in [0.4, 0.5) is 11.4 Å². The number of phenolic OH excluding ortho intramolecular Hbond substituents is 1. The quantitative estimate of drug-likeness (QED) is 0.614.